The van der Waals surface area contributed by atoms with Crippen molar-refractivity contribution < 1.29 is 19.1 Å². The number of anilines is 1. The minimum atomic E-state index is -0.762. The molecule has 0 fully saturated rings. The number of carbonyl (C=O) groups is 1. The van der Waals surface area contributed by atoms with Gasteiger partial charge in [-0.25, -0.2) is 0 Å². The Bertz CT molecular complexity index is 824. The number of hydrogen-bond acceptors (Lipinski definition) is 5. The number of hydrogen-bond donors (Lipinski definition) is 1. The molecule has 0 aliphatic carbocycles. The van der Waals surface area contributed by atoms with Crippen molar-refractivity contribution in [3.05, 3.63) is 52.5 Å². The van der Waals surface area contributed by atoms with Gasteiger partial charge in [0, 0.05) is 11.3 Å². The van der Waals surface area contributed by atoms with Crippen LogP contribution in [0.3, 0.4) is 0 Å². The van der Waals surface area contributed by atoms with Crippen molar-refractivity contribution in [1.82, 2.24) is 0 Å². The van der Waals surface area contributed by atoms with Crippen LogP contribution in [0.1, 0.15) is 25.0 Å². The van der Waals surface area contributed by atoms with E-state index in [1.807, 2.05) is 38.1 Å². The van der Waals surface area contributed by atoms with Gasteiger partial charge in [0.25, 0.3) is 5.91 Å². The normalized spacial score (nSPS) is 11.9. The average molecular weight is 391 g/mol. The van der Waals surface area contributed by atoms with Gasteiger partial charge in [0.15, 0.2) is 11.5 Å². The molecule has 0 saturated carbocycles. The van der Waals surface area contributed by atoms with E-state index in [1.165, 1.54) is 13.3 Å². The van der Waals surface area contributed by atoms with Crippen molar-refractivity contribution >= 4 is 29.4 Å². The molecule has 1 amide bonds. The van der Waals surface area contributed by atoms with Crippen LogP contribution in [0.2, 0.25) is 5.02 Å². The van der Waals surface area contributed by atoms with E-state index in [4.69, 9.17) is 25.9 Å². The molecule has 0 spiro atoms. The van der Waals surface area contributed by atoms with Crippen LogP contribution in [-0.4, -0.2) is 31.9 Å². The lowest BCUT2D eigenvalue weighted by molar-refractivity contribution is -0.126. The molecule has 0 bridgehead atoms. The van der Waals surface area contributed by atoms with Crippen LogP contribution in [0.25, 0.3) is 0 Å². The molecular weight excluding hydrogens is 368 g/mol. The largest absolute Gasteiger partial charge is 0.493 e. The van der Waals surface area contributed by atoms with Gasteiger partial charge in [0.05, 0.1) is 25.0 Å². The first-order valence-electron chi connectivity index (χ1n) is 8.51. The van der Waals surface area contributed by atoms with Crippen LogP contribution in [0.4, 0.5) is 5.69 Å². The second-order valence-corrected chi connectivity index (χ2v) is 6.22. The van der Waals surface area contributed by atoms with Crippen molar-refractivity contribution in [2.24, 2.45) is 5.16 Å². The van der Waals surface area contributed by atoms with Gasteiger partial charge >= 0.3 is 0 Å². The van der Waals surface area contributed by atoms with Gasteiger partial charge in [-0.05, 0) is 50.6 Å². The average Bonchev–Trinajstić information content (AvgIpc) is 2.63. The molecule has 1 N–H and O–H groups in total. The lowest BCUT2D eigenvalue weighted by Crippen LogP contribution is -2.26. The maximum Gasteiger partial charge on any atom is 0.267 e. The molecule has 2 aromatic carbocycles. The summed E-state index contributed by atoms with van der Waals surface area (Å²) in [6.07, 6.45) is 0.697. The maximum absolute atomic E-state index is 12.2. The summed E-state index contributed by atoms with van der Waals surface area (Å²) < 4.78 is 10.8. The summed E-state index contributed by atoms with van der Waals surface area (Å²) in [5, 5.41) is 7.06. The zero-order valence-electron chi connectivity index (χ0n) is 15.8. The van der Waals surface area contributed by atoms with Gasteiger partial charge < -0.3 is 19.6 Å². The Morgan fingerprint density at radius 2 is 2.11 bits per heavy atom. The molecule has 0 saturated heterocycles. The minimum Gasteiger partial charge on any atom is -0.493 e. The standard InChI is InChI=1S/C20H23ClN2O4/c1-5-26-19-17(21)10-15(11-18(19)25-4)12-22-27-14(3)20(24)23-16-8-6-7-13(2)9-16/h6-12,14H,5H2,1-4H3,(H,23,24)/b22-12-/t14-/m1/s1. The number of benzene rings is 2. The minimum absolute atomic E-state index is 0.292. The first-order chi connectivity index (χ1) is 12.9. The zero-order valence-corrected chi connectivity index (χ0v) is 16.5. The number of rotatable bonds is 8. The van der Waals surface area contributed by atoms with Gasteiger partial charge in [0.2, 0.25) is 6.10 Å². The number of nitrogens with one attached hydrogen (secondary N) is 1. The van der Waals surface area contributed by atoms with E-state index in [1.54, 1.807) is 19.1 Å². The molecule has 2 rings (SSSR count). The summed E-state index contributed by atoms with van der Waals surface area (Å²) in [4.78, 5) is 17.4. The molecule has 0 aromatic heterocycles. The number of ether oxygens (including phenoxy) is 2. The Morgan fingerprint density at radius 3 is 2.78 bits per heavy atom. The highest BCUT2D eigenvalue weighted by Crippen LogP contribution is 2.36. The van der Waals surface area contributed by atoms with E-state index in [2.05, 4.69) is 10.5 Å². The first kappa shape index (κ1) is 20.6. The Hall–Kier alpha value is -2.73. The Labute approximate surface area is 164 Å². The second-order valence-electron chi connectivity index (χ2n) is 5.81. The number of aryl methyl sites for hydroxylation is 1. The third-order valence-corrected chi connectivity index (χ3v) is 3.90. The lowest BCUT2D eigenvalue weighted by atomic mass is 10.2. The third-order valence-electron chi connectivity index (χ3n) is 3.62. The third kappa shape index (κ3) is 5.89. The Morgan fingerprint density at radius 1 is 1.33 bits per heavy atom. The van der Waals surface area contributed by atoms with Crippen molar-refractivity contribution in [2.45, 2.75) is 26.9 Å². The van der Waals surface area contributed by atoms with Crippen molar-refractivity contribution in [2.75, 3.05) is 19.0 Å². The molecule has 0 aliphatic rings. The molecule has 0 aliphatic heterocycles. The van der Waals surface area contributed by atoms with Gasteiger partial charge in [-0.1, -0.05) is 28.9 Å². The van der Waals surface area contributed by atoms with E-state index < -0.39 is 6.10 Å². The van der Waals surface area contributed by atoms with E-state index in [0.29, 0.717) is 34.4 Å². The van der Waals surface area contributed by atoms with Gasteiger partial charge in [0.1, 0.15) is 0 Å². The van der Waals surface area contributed by atoms with Crippen LogP contribution < -0.4 is 14.8 Å². The summed E-state index contributed by atoms with van der Waals surface area (Å²) in [7, 11) is 1.53. The topological polar surface area (TPSA) is 69.2 Å². The maximum atomic E-state index is 12.2. The molecule has 6 nitrogen and oxygen atoms in total. The fourth-order valence-electron chi connectivity index (χ4n) is 2.30. The quantitative estimate of drug-likeness (QED) is 0.534. The van der Waals surface area contributed by atoms with Gasteiger partial charge in [-0.3, -0.25) is 4.79 Å². The molecule has 2 aromatic rings. The van der Waals surface area contributed by atoms with Gasteiger partial charge in [-0.15, -0.1) is 0 Å². The number of methoxy groups -OCH3 is 1. The van der Waals surface area contributed by atoms with Crippen LogP contribution in [-0.2, 0) is 9.63 Å². The zero-order chi connectivity index (χ0) is 19.8. The Balaban J connectivity index is 1.99. The molecular formula is C20H23ClN2O4. The molecule has 0 unspecified atom stereocenters. The lowest BCUT2D eigenvalue weighted by Gasteiger charge is -2.12. The van der Waals surface area contributed by atoms with Crippen molar-refractivity contribution in [1.29, 1.82) is 0 Å². The molecule has 1 atom stereocenters. The second kappa shape index (κ2) is 9.83. The molecule has 7 heteroatoms. The summed E-state index contributed by atoms with van der Waals surface area (Å²) in [6, 6.07) is 10.9. The summed E-state index contributed by atoms with van der Waals surface area (Å²) in [6.45, 7) is 5.91. The van der Waals surface area contributed by atoms with Crippen molar-refractivity contribution in [3.63, 3.8) is 0 Å². The summed E-state index contributed by atoms with van der Waals surface area (Å²) >= 11 is 6.22. The highest BCUT2D eigenvalue weighted by molar-refractivity contribution is 6.32. The Kier molecular flexibility index (Phi) is 7.49. The molecule has 0 radical (unpaired) electrons. The predicted octanol–water partition coefficient (Wildman–Crippen LogP) is 4.43. The highest BCUT2D eigenvalue weighted by atomic mass is 35.5. The van der Waals surface area contributed by atoms with E-state index in [9.17, 15) is 4.79 Å². The van der Waals surface area contributed by atoms with Crippen LogP contribution in [0, 0.1) is 6.92 Å². The number of nitrogens with zero attached hydrogens (tertiary/aromatic N) is 1. The molecule has 144 valence electrons. The van der Waals surface area contributed by atoms with Crippen LogP contribution in [0.5, 0.6) is 11.5 Å². The monoisotopic (exact) mass is 390 g/mol. The fourth-order valence-corrected chi connectivity index (χ4v) is 2.57. The SMILES string of the molecule is CCOc1c(Cl)cc(/C=N\O[C@H](C)C(=O)Nc2cccc(C)c2)cc1OC. The number of halogens is 1. The van der Waals surface area contributed by atoms with E-state index in [-0.39, 0.29) is 5.91 Å². The van der Waals surface area contributed by atoms with Crippen LogP contribution in [0.15, 0.2) is 41.6 Å². The fraction of sp³-hybridized carbons (Fsp3) is 0.300. The van der Waals surface area contributed by atoms with Crippen LogP contribution >= 0.6 is 11.6 Å². The number of carbonyl (C=O) groups excluding carboxylic acids is 1. The van der Waals surface area contributed by atoms with E-state index >= 15 is 0 Å². The molecule has 0 heterocycles. The van der Waals surface area contributed by atoms with Gasteiger partial charge in [-0.2, -0.15) is 0 Å². The number of oxime groups is 1. The number of amides is 1. The van der Waals surface area contributed by atoms with E-state index in [0.717, 1.165) is 5.56 Å². The molecule has 27 heavy (non-hydrogen) atoms. The predicted molar refractivity (Wildman–Crippen MR) is 107 cm³/mol. The summed E-state index contributed by atoms with van der Waals surface area (Å²) in [5.41, 5.74) is 2.43. The first-order valence-corrected chi connectivity index (χ1v) is 8.89. The summed E-state index contributed by atoms with van der Waals surface area (Å²) in [5.74, 6) is 0.682. The van der Waals surface area contributed by atoms with Crippen molar-refractivity contribution in [3.8, 4) is 11.5 Å². The highest BCUT2D eigenvalue weighted by Gasteiger charge is 2.15. The smallest absolute Gasteiger partial charge is 0.267 e.